The number of likely N-dealkylation sites (N-methyl/N-ethyl adjacent to an activating group) is 1. The summed E-state index contributed by atoms with van der Waals surface area (Å²) >= 11 is 0. The van der Waals surface area contributed by atoms with Gasteiger partial charge in [0.15, 0.2) is 0 Å². The lowest BCUT2D eigenvalue weighted by atomic mass is 10.1. The number of hydrogen-bond acceptors (Lipinski definition) is 4. The summed E-state index contributed by atoms with van der Waals surface area (Å²) in [5, 5.41) is 5.55. The lowest BCUT2D eigenvalue weighted by Gasteiger charge is -2.19. The number of benzene rings is 1. The van der Waals surface area contributed by atoms with Crippen molar-refractivity contribution in [2.45, 2.75) is 27.2 Å². The molecule has 0 saturated carbocycles. The number of nitrogens with one attached hydrogen (secondary N) is 2. The second-order valence-corrected chi connectivity index (χ2v) is 6.13. The Morgan fingerprint density at radius 1 is 0.923 bits per heavy atom. The van der Waals surface area contributed by atoms with E-state index in [1.165, 1.54) is 0 Å². The maximum absolute atomic E-state index is 12.3. The Kier molecular flexibility index (Phi) is 9.36. The largest absolute Gasteiger partial charge is 0.355 e. The van der Waals surface area contributed by atoms with Crippen LogP contribution in [-0.2, 0) is 9.59 Å². The average Bonchev–Trinajstić information content (AvgIpc) is 2.61. The second-order valence-electron chi connectivity index (χ2n) is 6.13. The molecule has 0 radical (unpaired) electrons. The first-order valence-corrected chi connectivity index (χ1v) is 9.05. The van der Waals surface area contributed by atoms with Gasteiger partial charge >= 0.3 is 0 Å². The van der Waals surface area contributed by atoms with Gasteiger partial charge < -0.3 is 15.5 Å². The third-order valence-electron chi connectivity index (χ3n) is 3.87. The first-order chi connectivity index (χ1) is 12.4. The highest BCUT2D eigenvalue weighted by Gasteiger charge is 2.13. The summed E-state index contributed by atoms with van der Waals surface area (Å²) in [6.45, 7) is 8.10. The second kappa shape index (κ2) is 11.3. The molecule has 0 aliphatic rings. The number of nitrogens with zero attached hydrogens (tertiary/aromatic N) is 2. The predicted molar refractivity (Wildman–Crippen MR) is 103 cm³/mol. The minimum atomic E-state index is -0.210. The molecule has 0 unspecified atom stereocenters. The highest BCUT2D eigenvalue weighted by molar-refractivity contribution is 5.96. The van der Waals surface area contributed by atoms with Crippen molar-refractivity contribution in [3.63, 3.8) is 0 Å². The SMILES string of the molecule is CCCNC(=O)CN(C)CC(=O)Nc1ccc(C(=O)N(CC)CC)cc1. The first-order valence-electron chi connectivity index (χ1n) is 9.05. The van der Waals surface area contributed by atoms with E-state index in [0.717, 1.165) is 6.42 Å². The van der Waals surface area contributed by atoms with Crippen molar-refractivity contribution >= 4 is 23.4 Å². The zero-order valence-electron chi connectivity index (χ0n) is 16.2. The van der Waals surface area contributed by atoms with Crippen LogP contribution in [0.3, 0.4) is 0 Å². The van der Waals surface area contributed by atoms with Crippen LogP contribution in [0.25, 0.3) is 0 Å². The Morgan fingerprint density at radius 3 is 2.04 bits per heavy atom. The van der Waals surface area contributed by atoms with Crippen LogP contribution < -0.4 is 10.6 Å². The van der Waals surface area contributed by atoms with Crippen LogP contribution in [0.5, 0.6) is 0 Å². The fraction of sp³-hybridized carbons (Fsp3) is 0.526. The monoisotopic (exact) mass is 362 g/mol. The van der Waals surface area contributed by atoms with Gasteiger partial charge in [-0.05, 0) is 51.6 Å². The summed E-state index contributed by atoms with van der Waals surface area (Å²) in [5.74, 6) is -0.328. The molecule has 3 amide bonds. The van der Waals surface area contributed by atoms with Gasteiger partial charge in [-0.15, -0.1) is 0 Å². The molecule has 1 aromatic carbocycles. The van der Waals surface area contributed by atoms with E-state index in [0.29, 0.717) is 30.9 Å². The van der Waals surface area contributed by atoms with Crippen LogP contribution in [0.15, 0.2) is 24.3 Å². The lowest BCUT2D eigenvalue weighted by molar-refractivity contribution is -0.122. The van der Waals surface area contributed by atoms with E-state index in [1.807, 2.05) is 20.8 Å². The van der Waals surface area contributed by atoms with E-state index >= 15 is 0 Å². The molecule has 144 valence electrons. The summed E-state index contributed by atoms with van der Waals surface area (Å²) in [5.41, 5.74) is 1.21. The first kappa shape index (κ1) is 21.6. The molecule has 7 heteroatoms. The van der Waals surface area contributed by atoms with E-state index in [2.05, 4.69) is 10.6 Å². The van der Waals surface area contributed by atoms with Crippen LogP contribution in [-0.4, -0.2) is 67.3 Å². The molecule has 0 aliphatic carbocycles. The van der Waals surface area contributed by atoms with Crippen molar-refractivity contribution in [3.05, 3.63) is 29.8 Å². The number of amides is 3. The van der Waals surface area contributed by atoms with Crippen molar-refractivity contribution in [1.82, 2.24) is 15.1 Å². The molecule has 1 aromatic rings. The van der Waals surface area contributed by atoms with Gasteiger partial charge in [0.2, 0.25) is 11.8 Å². The summed E-state index contributed by atoms with van der Waals surface area (Å²) < 4.78 is 0. The highest BCUT2D eigenvalue weighted by Crippen LogP contribution is 2.11. The molecule has 0 aromatic heterocycles. The molecule has 0 atom stereocenters. The Balaban J connectivity index is 2.52. The number of rotatable bonds is 10. The lowest BCUT2D eigenvalue weighted by Crippen LogP contribution is -2.39. The maximum atomic E-state index is 12.3. The van der Waals surface area contributed by atoms with Crippen LogP contribution in [0, 0.1) is 0 Å². The number of anilines is 1. The zero-order valence-corrected chi connectivity index (χ0v) is 16.2. The molecule has 7 nitrogen and oxygen atoms in total. The van der Waals surface area contributed by atoms with Gasteiger partial charge in [0.25, 0.3) is 5.91 Å². The van der Waals surface area contributed by atoms with E-state index in [9.17, 15) is 14.4 Å². The Bertz CT molecular complexity index is 597. The summed E-state index contributed by atoms with van der Waals surface area (Å²) in [7, 11) is 1.72. The standard InChI is InChI=1S/C19H30N4O3/c1-5-12-20-17(24)13-22(4)14-18(25)21-16-10-8-15(9-11-16)19(26)23(6-2)7-3/h8-11H,5-7,12-14H2,1-4H3,(H,20,24)(H,21,25). The molecule has 0 heterocycles. The Labute approximate surface area is 155 Å². The predicted octanol–water partition coefficient (Wildman–Crippen LogP) is 1.57. The fourth-order valence-corrected chi connectivity index (χ4v) is 2.46. The summed E-state index contributed by atoms with van der Waals surface area (Å²) in [6, 6.07) is 6.83. The van der Waals surface area contributed by atoms with Crippen LogP contribution in [0.4, 0.5) is 5.69 Å². The summed E-state index contributed by atoms with van der Waals surface area (Å²) in [4.78, 5) is 39.4. The van der Waals surface area contributed by atoms with Crippen molar-refractivity contribution in [1.29, 1.82) is 0 Å². The van der Waals surface area contributed by atoms with E-state index < -0.39 is 0 Å². The fourth-order valence-electron chi connectivity index (χ4n) is 2.46. The van der Waals surface area contributed by atoms with E-state index in [1.54, 1.807) is 41.1 Å². The third-order valence-corrected chi connectivity index (χ3v) is 3.87. The third kappa shape index (κ3) is 7.23. The molecule has 0 fully saturated rings. The van der Waals surface area contributed by atoms with Crippen molar-refractivity contribution in [2.24, 2.45) is 0 Å². The molecule has 1 rings (SSSR count). The molecular weight excluding hydrogens is 332 g/mol. The molecule has 0 spiro atoms. The smallest absolute Gasteiger partial charge is 0.253 e. The van der Waals surface area contributed by atoms with Crippen molar-refractivity contribution in [3.8, 4) is 0 Å². The average molecular weight is 362 g/mol. The van der Waals surface area contributed by atoms with Crippen LogP contribution in [0.2, 0.25) is 0 Å². The summed E-state index contributed by atoms with van der Waals surface area (Å²) in [6.07, 6.45) is 0.878. The van der Waals surface area contributed by atoms with E-state index in [-0.39, 0.29) is 30.8 Å². The van der Waals surface area contributed by atoms with Gasteiger partial charge in [0.1, 0.15) is 0 Å². The molecule has 2 N–H and O–H groups in total. The molecule has 0 bridgehead atoms. The van der Waals surface area contributed by atoms with Crippen molar-refractivity contribution in [2.75, 3.05) is 45.1 Å². The number of carbonyl (C=O) groups excluding carboxylic acids is 3. The maximum Gasteiger partial charge on any atom is 0.253 e. The van der Waals surface area contributed by atoms with Gasteiger partial charge in [-0.3, -0.25) is 19.3 Å². The van der Waals surface area contributed by atoms with Gasteiger partial charge in [-0.1, -0.05) is 6.92 Å². The topological polar surface area (TPSA) is 81.8 Å². The molecule has 26 heavy (non-hydrogen) atoms. The molecular formula is C19H30N4O3. The molecule has 0 aliphatic heterocycles. The van der Waals surface area contributed by atoms with Gasteiger partial charge in [0.05, 0.1) is 13.1 Å². The molecule has 0 saturated heterocycles. The number of hydrogen-bond donors (Lipinski definition) is 2. The van der Waals surface area contributed by atoms with E-state index in [4.69, 9.17) is 0 Å². The van der Waals surface area contributed by atoms with Gasteiger partial charge in [-0.2, -0.15) is 0 Å². The quantitative estimate of drug-likeness (QED) is 0.662. The number of carbonyl (C=O) groups is 3. The zero-order chi connectivity index (χ0) is 19.5. The van der Waals surface area contributed by atoms with Crippen LogP contribution in [0.1, 0.15) is 37.6 Å². The van der Waals surface area contributed by atoms with Gasteiger partial charge in [-0.25, -0.2) is 0 Å². The minimum absolute atomic E-state index is 0.0225. The normalized spacial score (nSPS) is 10.5. The van der Waals surface area contributed by atoms with Crippen LogP contribution >= 0.6 is 0 Å². The highest BCUT2D eigenvalue weighted by atomic mass is 16.2. The van der Waals surface area contributed by atoms with Gasteiger partial charge in [0, 0.05) is 30.9 Å². The van der Waals surface area contributed by atoms with Crippen molar-refractivity contribution < 1.29 is 14.4 Å². The Hall–Kier alpha value is -2.41. The Morgan fingerprint density at radius 2 is 1.50 bits per heavy atom. The minimum Gasteiger partial charge on any atom is -0.355 e.